The van der Waals surface area contributed by atoms with Gasteiger partial charge in [-0.3, -0.25) is 14.5 Å². The van der Waals surface area contributed by atoms with Crippen molar-refractivity contribution in [1.29, 1.82) is 0 Å². The number of hydrogen-bond donors (Lipinski definition) is 1. The number of fused-ring (bicyclic) bond motifs is 1. The summed E-state index contributed by atoms with van der Waals surface area (Å²) in [5.41, 5.74) is 8.47. The molecular formula is C23H20ClN5O3. The first kappa shape index (κ1) is 20.4. The molecule has 2 aliphatic rings. The lowest BCUT2D eigenvalue weighted by molar-refractivity contribution is -0.117. The van der Waals surface area contributed by atoms with E-state index in [1.807, 2.05) is 13.8 Å². The smallest absolute Gasteiger partial charge is 0.228 e. The Labute approximate surface area is 188 Å². The van der Waals surface area contributed by atoms with Gasteiger partial charge in [-0.1, -0.05) is 43.7 Å². The number of nitrogens with zero attached hydrogens (tertiary/aromatic N) is 4. The fraction of sp³-hybridized carbons (Fsp3) is 0.261. The van der Waals surface area contributed by atoms with Crippen molar-refractivity contribution >= 4 is 46.0 Å². The molecule has 1 unspecified atom stereocenters. The van der Waals surface area contributed by atoms with Crippen LogP contribution in [-0.2, 0) is 9.59 Å². The third kappa shape index (κ3) is 3.36. The summed E-state index contributed by atoms with van der Waals surface area (Å²) in [5, 5.41) is 0.352. The fourth-order valence-electron chi connectivity index (χ4n) is 4.17. The highest BCUT2D eigenvalue weighted by molar-refractivity contribution is 6.35. The van der Waals surface area contributed by atoms with Gasteiger partial charge in [0.05, 0.1) is 22.3 Å². The predicted molar refractivity (Wildman–Crippen MR) is 121 cm³/mol. The molecular weight excluding hydrogens is 430 g/mol. The van der Waals surface area contributed by atoms with Gasteiger partial charge in [-0.05, 0) is 23.6 Å². The molecule has 1 amide bonds. The van der Waals surface area contributed by atoms with Gasteiger partial charge in [0.1, 0.15) is 5.52 Å². The Balaban J connectivity index is 1.73. The summed E-state index contributed by atoms with van der Waals surface area (Å²) in [5.74, 6) is -0.493. The standard InChI is InChI=1S/C23H20ClN5O3/c1-23(2)9-17(31)29(10-23)22-21(25)27-19(13-5-3-4-6-16(13)30)18(28-22)12-7-14(24)20-15(8-12)26-11-32-20/h3-8,11,13H,9-10H2,1-2H3,(H2,25,27). The van der Waals surface area contributed by atoms with E-state index in [1.54, 1.807) is 35.3 Å². The monoisotopic (exact) mass is 449 g/mol. The van der Waals surface area contributed by atoms with Crippen LogP contribution in [-0.4, -0.2) is 33.2 Å². The molecule has 3 heterocycles. The second kappa shape index (κ2) is 7.27. The lowest BCUT2D eigenvalue weighted by Gasteiger charge is -2.23. The molecule has 3 aromatic rings. The quantitative estimate of drug-likeness (QED) is 0.640. The maximum Gasteiger partial charge on any atom is 0.228 e. The van der Waals surface area contributed by atoms with Crippen molar-refractivity contribution in [2.24, 2.45) is 5.41 Å². The van der Waals surface area contributed by atoms with Gasteiger partial charge < -0.3 is 10.2 Å². The number of aromatic nitrogens is 3. The first-order chi connectivity index (χ1) is 15.2. The molecule has 2 N–H and O–H groups in total. The number of ketones is 1. The zero-order valence-electron chi connectivity index (χ0n) is 17.5. The van der Waals surface area contributed by atoms with Gasteiger partial charge in [0, 0.05) is 18.5 Å². The van der Waals surface area contributed by atoms with Crippen molar-refractivity contribution in [2.75, 3.05) is 17.2 Å². The molecule has 1 aromatic carbocycles. The second-order valence-corrected chi connectivity index (χ2v) is 9.18. The first-order valence-corrected chi connectivity index (χ1v) is 10.5. The molecule has 1 atom stereocenters. The Hall–Kier alpha value is -3.52. The first-order valence-electron chi connectivity index (χ1n) is 10.1. The van der Waals surface area contributed by atoms with E-state index in [0.717, 1.165) is 0 Å². The average molecular weight is 450 g/mol. The maximum absolute atomic E-state index is 12.7. The normalized spacial score (nSPS) is 20.0. The second-order valence-electron chi connectivity index (χ2n) is 8.77. The molecule has 9 heteroatoms. The lowest BCUT2D eigenvalue weighted by atomic mass is 9.92. The highest BCUT2D eigenvalue weighted by Gasteiger charge is 2.39. The predicted octanol–water partition coefficient (Wildman–Crippen LogP) is 4.06. The number of benzene rings is 1. The van der Waals surface area contributed by atoms with Crippen LogP contribution in [0.2, 0.25) is 5.02 Å². The molecule has 0 bridgehead atoms. The molecule has 2 aromatic heterocycles. The topological polar surface area (TPSA) is 115 Å². The van der Waals surface area contributed by atoms with E-state index in [9.17, 15) is 9.59 Å². The number of oxazole rings is 1. The Kier molecular flexibility index (Phi) is 4.63. The Morgan fingerprint density at radius 3 is 2.75 bits per heavy atom. The zero-order chi connectivity index (χ0) is 22.6. The number of allylic oxidation sites excluding steroid dienone is 4. The van der Waals surface area contributed by atoms with Crippen LogP contribution >= 0.6 is 11.6 Å². The van der Waals surface area contributed by atoms with Crippen molar-refractivity contribution in [3.63, 3.8) is 0 Å². The van der Waals surface area contributed by atoms with Crippen LogP contribution in [0.1, 0.15) is 31.9 Å². The van der Waals surface area contributed by atoms with E-state index in [1.165, 1.54) is 12.5 Å². The number of carbonyl (C=O) groups is 2. The molecule has 1 saturated heterocycles. The van der Waals surface area contributed by atoms with Crippen LogP contribution in [0.4, 0.5) is 11.6 Å². The summed E-state index contributed by atoms with van der Waals surface area (Å²) in [6, 6.07) is 3.45. The molecule has 1 fully saturated rings. The van der Waals surface area contributed by atoms with Crippen LogP contribution in [0, 0.1) is 5.41 Å². The zero-order valence-corrected chi connectivity index (χ0v) is 18.3. The van der Waals surface area contributed by atoms with Gasteiger partial charge in [-0.2, -0.15) is 0 Å². The molecule has 162 valence electrons. The van der Waals surface area contributed by atoms with Crippen molar-refractivity contribution in [3.8, 4) is 11.3 Å². The van der Waals surface area contributed by atoms with Gasteiger partial charge in [-0.25, -0.2) is 15.0 Å². The van der Waals surface area contributed by atoms with E-state index in [-0.39, 0.29) is 28.7 Å². The number of halogens is 1. The molecule has 1 aliphatic carbocycles. The van der Waals surface area contributed by atoms with Gasteiger partial charge in [0.15, 0.2) is 29.4 Å². The third-order valence-electron chi connectivity index (χ3n) is 5.64. The molecule has 1 aliphatic heterocycles. The molecule has 32 heavy (non-hydrogen) atoms. The summed E-state index contributed by atoms with van der Waals surface area (Å²) in [7, 11) is 0. The van der Waals surface area contributed by atoms with Crippen molar-refractivity contribution in [3.05, 3.63) is 53.5 Å². The third-order valence-corrected chi connectivity index (χ3v) is 5.92. The number of anilines is 2. The van der Waals surface area contributed by atoms with Gasteiger partial charge in [0.25, 0.3) is 0 Å². The van der Waals surface area contributed by atoms with Gasteiger partial charge in [0.2, 0.25) is 5.91 Å². The van der Waals surface area contributed by atoms with E-state index in [2.05, 4.69) is 9.97 Å². The summed E-state index contributed by atoms with van der Waals surface area (Å²) >= 11 is 6.42. The van der Waals surface area contributed by atoms with Crippen LogP contribution in [0.5, 0.6) is 0 Å². The number of carbonyl (C=O) groups excluding carboxylic acids is 2. The van der Waals surface area contributed by atoms with E-state index < -0.39 is 5.92 Å². The van der Waals surface area contributed by atoms with Crippen molar-refractivity contribution in [2.45, 2.75) is 26.2 Å². The molecule has 0 spiro atoms. The number of hydrogen-bond acceptors (Lipinski definition) is 7. The van der Waals surface area contributed by atoms with E-state index in [4.69, 9.17) is 26.7 Å². The maximum atomic E-state index is 12.7. The van der Waals surface area contributed by atoms with Crippen LogP contribution in [0.25, 0.3) is 22.4 Å². The van der Waals surface area contributed by atoms with Crippen LogP contribution in [0.3, 0.4) is 0 Å². The number of amides is 1. The average Bonchev–Trinajstić information content (AvgIpc) is 3.31. The van der Waals surface area contributed by atoms with Gasteiger partial charge in [-0.15, -0.1) is 0 Å². The lowest BCUT2D eigenvalue weighted by Crippen LogP contribution is -2.29. The minimum absolute atomic E-state index is 0.0729. The summed E-state index contributed by atoms with van der Waals surface area (Å²) in [6.45, 7) is 4.50. The summed E-state index contributed by atoms with van der Waals surface area (Å²) in [6.07, 6.45) is 8.38. The minimum atomic E-state index is -0.656. The van der Waals surface area contributed by atoms with Crippen LogP contribution < -0.4 is 10.6 Å². The SMILES string of the molecule is CC1(C)CC(=O)N(c2nc(-c3cc(Cl)c4ocnc4c3)c(C3C=CC=CC3=O)nc2N)C1. The van der Waals surface area contributed by atoms with Crippen molar-refractivity contribution < 1.29 is 14.0 Å². The Morgan fingerprint density at radius 2 is 2.03 bits per heavy atom. The molecule has 0 radical (unpaired) electrons. The fourth-order valence-corrected chi connectivity index (χ4v) is 4.42. The Morgan fingerprint density at radius 1 is 1.22 bits per heavy atom. The van der Waals surface area contributed by atoms with E-state index in [0.29, 0.717) is 46.0 Å². The summed E-state index contributed by atoms with van der Waals surface area (Å²) in [4.78, 5) is 40.4. The minimum Gasteiger partial charge on any atom is -0.442 e. The number of nitrogen functional groups attached to an aromatic ring is 1. The van der Waals surface area contributed by atoms with Crippen LogP contribution in [0.15, 0.2) is 47.2 Å². The summed E-state index contributed by atoms with van der Waals surface area (Å²) < 4.78 is 5.34. The molecule has 8 nitrogen and oxygen atoms in total. The van der Waals surface area contributed by atoms with E-state index >= 15 is 0 Å². The Bertz CT molecular complexity index is 1340. The van der Waals surface area contributed by atoms with Gasteiger partial charge >= 0.3 is 0 Å². The molecule has 5 rings (SSSR count). The number of rotatable bonds is 3. The number of nitrogens with two attached hydrogens (primary N) is 1. The highest BCUT2D eigenvalue weighted by Crippen LogP contribution is 2.39. The molecule has 0 saturated carbocycles. The van der Waals surface area contributed by atoms with Crippen molar-refractivity contribution in [1.82, 2.24) is 15.0 Å². The largest absolute Gasteiger partial charge is 0.442 e. The highest BCUT2D eigenvalue weighted by atomic mass is 35.5.